The lowest BCUT2D eigenvalue weighted by molar-refractivity contribution is 0.0322. The van der Waals surface area contributed by atoms with Gasteiger partial charge >= 0.3 is 0 Å². The van der Waals surface area contributed by atoms with E-state index >= 15 is 0 Å². The van der Waals surface area contributed by atoms with Crippen LogP contribution >= 0.6 is 11.3 Å². The van der Waals surface area contributed by atoms with Gasteiger partial charge in [-0.3, -0.25) is 9.69 Å². The summed E-state index contributed by atoms with van der Waals surface area (Å²) in [6, 6.07) is 17.8. The van der Waals surface area contributed by atoms with E-state index in [-0.39, 0.29) is 0 Å². The molecule has 4 aromatic rings. The van der Waals surface area contributed by atoms with Crippen molar-refractivity contribution in [3.8, 4) is 16.3 Å². The Balaban J connectivity index is 1.59. The van der Waals surface area contributed by atoms with Crippen molar-refractivity contribution in [3.05, 3.63) is 60.2 Å². The first-order valence-corrected chi connectivity index (χ1v) is 11.2. The largest absolute Gasteiger partial charge is 0.491 e. The SMILES string of the molecule is NC(=O)c1c(OCCN2CCOCC2)cc2ccccc2c1-c1nc2ccccc2s1. The second-order valence-corrected chi connectivity index (χ2v) is 8.53. The molecule has 0 atom stereocenters. The molecule has 0 unspecified atom stereocenters. The van der Waals surface area contributed by atoms with Crippen molar-refractivity contribution in [2.45, 2.75) is 0 Å². The second-order valence-electron chi connectivity index (χ2n) is 7.50. The fourth-order valence-corrected chi connectivity index (χ4v) is 5.02. The molecule has 1 amide bonds. The van der Waals surface area contributed by atoms with E-state index in [0.717, 1.165) is 64.4 Å². The molecule has 1 aliphatic rings. The Morgan fingerprint density at radius 1 is 1.13 bits per heavy atom. The van der Waals surface area contributed by atoms with E-state index < -0.39 is 5.91 Å². The van der Waals surface area contributed by atoms with Gasteiger partial charge in [-0.1, -0.05) is 36.4 Å². The highest BCUT2D eigenvalue weighted by molar-refractivity contribution is 7.21. The van der Waals surface area contributed by atoms with Gasteiger partial charge in [0.1, 0.15) is 17.4 Å². The fraction of sp³-hybridized carbons (Fsp3) is 0.250. The zero-order valence-corrected chi connectivity index (χ0v) is 17.9. The summed E-state index contributed by atoms with van der Waals surface area (Å²) in [6.45, 7) is 4.50. The molecule has 5 rings (SSSR count). The van der Waals surface area contributed by atoms with Crippen molar-refractivity contribution < 1.29 is 14.3 Å². The maximum absolute atomic E-state index is 12.6. The lowest BCUT2D eigenvalue weighted by Gasteiger charge is -2.26. The van der Waals surface area contributed by atoms with Gasteiger partial charge in [-0.05, 0) is 29.0 Å². The number of ether oxygens (including phenoxy) is 2. The second kappa shape index (κ2) is 8.63. The summed E-state index contributed by atoms with van der Waals surface area (Å²) in [6.07, 6.45) is 0. The maximum Gasteiger partial charge on any atom is 0.253 e. The predicted molar refractivity (Wildman–Crippen MR) is 124 cm³/mol. The Hall–Kier alpha value is -3.00. The van der Waals surface area contributed by atoms with Crippen LogP contribution in [0.5, 0.6) is 5.75 Å². The van der Waals surface area contributed by atoms with Gasteiger partial charge in [-0.25, -0.2) is 4.98 Å². The lowest BCUT2D eigenvalue weighted by atomic mass is 9.97. The first kappa shape index (κ1) is 19.9. The molecule has 7 heteroatoms. The highest BCUT2D eigenvalue weighted by Crippen LogP contribution is 2.41. The van der Waals surface area contributed by atoms with Crippen molar-refractivity contribution in [3.63, 3.8) is 0 Å². The first-order chi connectivity index (χ1) is 15.2. The summed E-state index contributed by atoms with van der Waals surface area (Å²) in [5, 5.41) is 2.70. The smallest absolute Gasteiger partial charge is 0.253 e. The monoisotopic (exact) mass is 433 g/mol. The number of carbonyl (C=O) groups excluding carboxylic acids is 1. The molecule has 0 aliphatic carbocycles. The highest BCUT2D eigenvalue weighted by atomic mass is 32.1. The molecule has 3 aromatic carbocycles. The van der Waals surface area contributed by atoms with Crippen LogP contribution in [0.2, 0.25) is 0 Å². The number of benzene rings is 3. The minimum absolute atomic E-state index is 0.389. The van der Waals surface area contributed by atoms with Gasteiger partial charge in [0.15, 0.2) is 0 Å². The third-order valence-electron chi connectivity index (χ3n) is 5.54. The van der Waals surface area contributed by atoms with E-state index in [9.17, 15) is 4.79 Å². The Morgan fingerprint density at radius 2 is 1.90 bits per heavy atom. The van der Waals surface area contributed by atoms with Gasteiger partial charge in [0.25, 0.3) is 5.91 Å². The number of nitrogens with two attached hydrogens (primary N) is 1. The van der Waals surface area contributed by atoms with Gasteiger partial charge in [0.2, 0.25) is 0 Å². The molecule has 1 aromatic heterocycles. The zero-order valence-electron chi connectivity index (χ0n) is 17.0. The van der Waals surface area contributed by atoms with Crippen LogP contribution in [0.4, 0.5) is 0 Å². The minimum Gasteiger partial charge on any atom is -0.491 e. The van der Waals surface area contributed by atoms with Crippen molar-refractivity contribution in [2.75, 3.05) is 39.5 Å². The quantitative estimate of drug-likeness (QED) is 0.499. The van der Waals surface area contributed by atoms with Crippen LogP contribution in [-0.4, -0.2) is 55.2 Å². The Kier molecular flexibility index (Phi) is 5.55. The summed E-state index contributed by atoms with van der Waals surface area (Å²) in [4.78, 5) is 19.7. The molecule has 1 fully saturated rings. The van der Waals surface area contributed by atoms with Crippen molar-refractivity contribution in [1.82, 2.24) is 9.88 Å². The Labute approximate surface area is 184 Å². The number of amides is 1. The van der Waals surface area contributed by atoms with E-state index in [4.69, 9.17) is 20.2 Å². The Bertz CT molecular complexity index is 1210. The molecule has 1 saturated heterocycles. The molecule has 0 bridgehead atoms. The molecule has 0 saturated carbocycles. The molecule has 2 heterocycles. The van der Waals surface area contributed by atoms with Crippen molar-refractivity contribution in [2.24, 2.45) is 5.73 Å². The Morgan fingerprint density at radius 3 is 2.71 bits per heavy atom. The summed E-state index contributed by atoms with van der Waals surface area (Å²) in [7, 11) is 0. The number of nitrogens with zero attached hydrogens (tertiary/aromatic N) is 2. The third kappa shape index (κ3) is 3.99. The lowest BCUT2D eigenvalue weighted by Crippen LogP contribution is -2.38. The third-order valence-corrected chi connectivity index (χ3v) is 6.59. The summed E-state index contributed by atoms with van der Waals surface area (Å²) < 4.78 is 12.6. The molecule has 158 valence electrons. The van der Waals surface area contributed by atoms with Crippen LogP contribution in [0.3, 0.4) is 0 Å². The number of rotatable bonds is 6. The number of thiazole rings is 1. The van der Waals surface area contributed by atoms with Crippen LogP contribution in [0.1, 0.15) is 10.4 Å². The van der Waals surface area contributed by atoms with Crippen LogP contribution in [0.15, 0.2) is 54.6 Å². The predicted octanol–water partition coefficient (Wildman–Crippen LogP) is 3.93. The van der Waals surface area contributed by atoms with Gasteiger partial charge < -0.3 is 15.2 Å². The molecule has 6 nitrogen and oxygen atoms in total. The van der Waals surface area contributed by atoms with E-state index in [1.807, 2.05) is 54.6 Å². The number of fused-ring (bicyclic) bond motifs is 2. The van der Waals surface area contributed by atoms with Crippen LogP contribution in [-0.2, 0) is 4.74 Å². The summed E-state index contributed by atoms with van der Waals surface area (Å²) in [5.74, 6) is -0.00454. The van der Waals surface area contributed by atoms with E-state index in [1.165, 1.54) is 0 Å². The fourth-order valence-electron chi connectivity index (χ4n) is 3.99. The van der Waals surface area contributed by atoms with E-state index in [0.29, 0.717) is 17.9 Å². The van der Waals surface area contributed by atoms with Crippen LogP contribution < -0.4 is 10.5 Å². The van der Waals surface area contributed by atoms with Gasteiger partial charge in [0, 0.05) is 25.2 Å². The normalized spacial score (nSPS) is 14.8. The van der Waals surface area contributed by atoms with E-state index in [1.54, 1.807) is 11.3 Å². The van der Waals surface area contributed by atoms with Crippen molar-refractivity contribution in [1.29, 1.82) is 0 Å². The molecule has 31 heavy (non-hydrogen) atoms. The summed E-state index contributed by atoms with van der Waals surface area (Å²) >= 11 is 1.56. The van der Waals surface area contributed by atoms with Gasteiger partial charge in [-0.15, -0.1) is 11.3 Å². The minimum atomic E-state index is -0.513. The number of para-hydroxylation sites is 1. The number of hydrogen-bond donors (Lipinski definition) is 1. The van der Waals surface area contributed by atoms with Gasteiger partial charge in [-0.2, -0.15) is 0 Å². The standard InChI is InChI=1S/C24H23N3O3S/c25-23(28)22-19(30-14-11-27-9-12-29-13-10-27)15-16-5-1-2-6-17(16)21(22)24-26-18-7-3-4-8-20(18)31-24/h1-8,15H,9-14H2,(H2,25,28). The number of carbonyl (C=O) groups is 1. The number of primary amides is 1. The average molecular weight is 434 g/mol. The van der Waals surface area contributed by atoms with Gasteiger partial charge in [0.05, 0.1) is 29.0 Å². The topological polar surface area (TPSA) is 77.7 Å². The highest BCUT2D eigenvalue weighted by Gasteiger charge is 2.23. The van der Waals surface area contributed by atoms with Crippen LogP contribution in [0.25, 0.3) is 31.6 Å². The molecule has 0 radical (unpaired) electrons. The molecular weight excluding hydrogens is 410 g/mol. The zero-order chi connectivity index (χ0) is 21.2. The number of hydrogen-bond acceptors (Lipinski definition) is 6. The van der Waals surface area contributed by atoms with Crippen molar-refractivity contribution >= 4 is 38.2 Å². The average Bonchev–Trinajstić information content (AvgIpc) is 3.22. The first-order valence-electron chi connectivity index (χ1n) is 10.3. The molecule has 2 N–H and O–H groups in total. The molecular formula is C24H23N3O3S. The van der Waals surface area contributed by atoms with E-state index in [2.05, 4.69) is 4.90 Å². The summed E-state index contributed by atoms with van der Waals surface area (Å²) in [5.41, 5.74) is 7.92. The van der Waals surface area contributed by atoms with Crippen LogP contribution in [0, 0.1) is 0 Å². The maximum atomic E-state index is 12.6. The molecule has 1 aliphatic heterocycles. The number of aromatic nitrogens is 1. The number of morpholine rings is 1. The molecule has 0 spiro atoms.